The van der Waals surface area contributed by atoms with Crippen molar-refractivity contribution in [3.8, 4) is 6.07 Å². The van der Waals surface area contributed by atoms with Gasteiger partial charge in [-0.1, -0.05) is 43.2 Å². The molecular formula is C23H26N2O3S. The van der Waals surface area contributed by atoms with Gasteiger partial charge < -0.3 is 4.90 Å². The number of sulfone groups is 1. The maximum atomic E-state index is 13.2. The Kier molecular flexibility index (Phi) is 7.05. The molecule has 1 amide bonds. The fraction of sp³-hybridized carbons (Fsp3) is 0.391. The maximum Gasteiger partial charge on any atom is 0.254 e. The van der Waals surface area contributed by atoms with Gasteiger partial charge in [-0.25, -0.2) is 8.42 Å². The van der Waals surface area contributed by atoms with Crippen LogP contribution >= 0.6 is 0 Å². The van der Waals surface area contributed by atoms with E-state index in [-0.39, 0.29) is 29.0 Å². The quantitative estimate of drug-likeness (QED) is 0.656. The summed E-state index contributed by atoms with van der Waals surface area (Å²) in [7, 11) is -3.44. The first-order chi connectivity index (χ1) is 14.0. The summed E-state index contributed by atoms with van der Waals surface area (Å²) in [5, 5.41) is 8.59. The van der Waals surface area contributed by atoms with E-state index in [1.165, 1.54) is 12.1 Å². The van der Waals surface area contributed by atoms with Crippen LogP contribution in [0.1, 0.15) is 60.5 Å². The summed E-state index contributed by atoms with van der Waals surface area (Å²) >= 11 is 0. The SMILES string of the molecule is N#CCCCS(=O)(=O)c1ccc(C(=O)N2CCCCCC2c2ccccc2)cc1. The second-order valence-electron chi connectivity index (χ2n) is 7.38. The fourth-order valence-electron chi connectivity index (χ4n) is 3.80. The van der Waals surface area contributed by atoms with Crippen molar-refractivity contribution in [3.05, 3.63) is 65.7 Å². The van der Waals surface area contributed by atoms with E-state index in [4.69, 9.17) is 5.26 Å². The number of unbranched alkanes of at least 4 members (excludes halogenated alkanes) is 1. The lowest BCUT2D eigenvalue weighted by Crippen LogP contribution is -2.34. The van der Waals surface area contributed by atoms with Gasteiger partial charge in [0.05, 0.1) is 22.8 Å². The highest BCUT2D eigenvalue weighted by molar-refractivity contribution is 7.91. The fourth-order valence-corrected chi connectivity index (χ4v) is 5.11. The first-order valence-electron chi connectivity index (χ1n) is 10.1. The summed E-state index contributed by atoms with van der Waals surface area (Å²) in [6, 6.07) is 18.3. The van der Waals surface area contributed by atoms with Gasteiger partial charge in [0, 0.05) is 18.5 Å². The number of rotatable bonds is 6. The third-order valence-corrected chi connectivity index (χ3v) is 7.18. The molecule has 6 heteroatoms. The highest BCUT2D eigenvalue weighted by Gasteiger charge is 2.27. The average molecular weight is 411 g/mol. The number of carbonyl (C=O) groups excluding carboxylic acids is 1. The van der Waals surface area contributed by atoms with Crippen molar-refractivity contribution < 1.29 is 13.2 Å². The number of likely N-dealkylation sites (tertiary alicyclic amines) is 1. The van der Waals surface area contributed by atoms with Gasteiger partial charge >= 0.3 is 0 Å². The molecule has 0 saturated carbocycles. The zero-order valence-electron chi connectivity index (χ0n) is 16.5. The van der Waals surface area contributed by atoms with Crippen LogP contribution in [-0.2, 0) is 9.84 Å². The van der Waals surface area contributed by atoms with Crippen LogP contribution in [0.25, 0.3) is 0 Å². The normalized spacial score (nSPS) is 17.3. The van der Waals surface area contributed by atoms with E-state index in [0.29, 0.717) is 18.5 Å². The Balaban J connectivity index is 1.80. The molecule has 29 heavy (non-hydrogen) atoms. The smallest absolute Gasteiger partial charge is 0.254 e. The first kappa shape index (κ1) is 21.1. The highest BCUT2D eigenvalue weighted by Crippen LogP contribution is 2.31. The molecule has 2 aromatic carbocycles. The van der Waals surface area contributed by atoms with Crippen LogP contribution in [0, 0.1) is 11.3 Å². The summed E-state index contributed by atoms with van der Waals surface area (Å²) in [6.45, 7) is 0.701. The van der Waals surface area contributed by atoms with Gasteiger partial charge in [-0.05, 0) is 49.1 Å². The van der Waals surface area contributed by atoms with Crippen LogP contribution < -0.4 is 0 Å². The van der Waals surface area contributed by atoms with Crippen molar-refractivity contribution in [2.45, 2.75) is 49.5 Å². The molecule has 0 N–H and O–H groups in total. The molecule has 0 radical (unpaired) electrons. The summed E-state index contributed by atoms with van der Waals surface area (Å²) in [6.07, 6.45) is 4.62. The predicted octanol–water partition coefficient (Wildman–Crippen LogP) is 4.52. The monoisotopic (exact) mass is 410 g/mol. The van der Waals surface area contributed by atoms with Gasteiger partial charge in [0.1, 0.15) is 0 Å². The van der Waals surface area contributed by atoms with Crippen LogP contribution in [0.5, 0.6) is 0 Å². The molecule has 1 aliphatic heterocycles. The lowest BCUT2D eigenvalue weighted by molar-refractivity contribution is 0.0681. The number of hydrogen-bond donors (Lipinski definition) is 0. The van der Waals surface area contributed by atoms with Gasteiger partial charge in [-0.15, -0.1) is 0 Å². The van der Waals surface area contributed by atoms with Crippen LogP contribution in [-0.4, -0.2) is 31.5 Å². The number of nitriles is 1. The molecule has 1 aliphatic rings. The Morgan fingerprint density at radius 2 is 1.76 bits per heavy atom. The Labute approximate surface area is 172 Å². The Hall–Kier alpha value is -2.65. The molecule has 152 valence electrons. The predicted molar refractivity (Wildman–Crippen MR) is 112 cm³/mol. The number of benzene rings is 2. The topological polar surface area (TPSA) is 78.2 Å². The van der Waals surface area contributed by atoms with E-state index in [1.807, 2.05) is 29.2 Å². The molecule has 5 nitrogen and oxygen atoms in total. The van der Waals surface area contributed by atoms with Crippen LogP contribution in [0.15, 0.2) is 59.5 Å². The molecule has 0 aromatic heterocycles. The lowest BCUT2D eigenvalue weighted by Gasteiger charge is -2.30. The second kappa shape index (κ2) is 9.71. The van der Waals surface area contributed by atoms with Crippen molar-refractivity contribution in [3.63, 3.8) is 0 Å². The minimum atomic E-state index is -3.44. The Bertz CT molecular complexity index is 963. The second-order valence-corrected chi connectivity index (χ2v) is 9.49. The van der Waals surface area contributed by atoms with Crippen molar-refractivity contribution in [2.24, 2.45) is 0 Å². The van der Waals surface area contributed by atoms with Crippen molar-refractivity contribution in [2.75, 3.05) is 12.3 Å². The van der Waals surface area contributed by atoms with Crippen LogP contribution in [0.3, 0.4) is 0 Å². The Morgan fingerprint density at radius 3 is 2.45 bits per heavy atom. The number of nitrogens with zero attached hydrogens (tertiary/aromatic N) is 2. The molecule has 1 fully saturated rings. The zero-order chi connectivity index (χ0) is 20.7. The molecule has 2 aromatic rings. The van der Waals surface area contributed by atoms with E-state index in [9.17, 15) is 13.2 Å². The molecule has 1 heterocycles. The third-order valence-electron chi connectivity index (χ3n) is 5.36. The third kappa shape index (κ3) is 5.24. The molecule has 1 atom stereocenters. The standard InChI is InChI=1S/C23H26N2O3S/c24-16-6-8-18-29(27,28)21-14-12-20(13-15-21)23(26)25-17-7-2-5-11-22(25)19-9-3-1-4-10-19/h1,3-4,9-10,12-15,22H,2,5-8,11,17-18H2. The average Bonchev–Trinajstić information content (AvgIpc) is 3.00. The largest absolute Gasteiger partial charge is 0.332 e. The highest BCUT2D eigenvalue weighted by atomic mass is 32.2. The summed E-state index contributed by atoms with van der Waals surface area (Å²) in [5.41, 5.74) is 1.64. The van der Waals surface area contributed by atoms with Gasteiger partial charge in [0.15, 0.2) is 9.84 Å². The van der Waals surface area contributed by atoms with Gasteiger partial charge in [0.2, 0.25) is 0 Å². The molecule has 1 unspecified atom stereocenters. The molecule has 0 bridgehead atoms. The molecule has 1 saturated heterocycles. The summed E-state index contributed by atoms with van der Waals surface area (Å²) in [4.78, 5) is 15.4. The van der Waals surface area contributed by atoms with E-state index < -0.39 is 9.84 Å². The molecular weight excluding hydrogens is 384 g/mol. The zero-order valence-corrected chi connectivity index (χ0v) is 17.3. The molecule has 0 aliphatic carbocycles. The van der Waals surface area contributed by atoms with E-state index in [0.717, 1.165) is 31.2 Å². The van der Waals surface area contributed by atoms with E-state index in [1.54, 1.807) is 12.1 Å². The number of hydrogen-bond acceptors (Lipinski definition) is 4. The maximum absolute atomic E-state index is 13.2. The Morgan fingerprint density at radius 1 is 1.03 bits per heavy atom. The van der Waals surface area contributed by atoms with Gasteiger partial charge in [-0.2, -0.15) is 5.26 Å². The summed E-state index contributed by atoms with van der Waals surface area (Å²) < 4.78 is 24.7. The summed E-state index contributed by atoms with van der Waals surface area (Å²) in [5.74, 6) is -0.120. The van der Waals surface area contributed by atoms with Crippen LogP contribution in [0.4, 0.5) is 0 Å². The van der Waals surface area contributed by atoms with E-state index >= 15 is 0 Å². The van der Waals surface area contributed by atoms with Crippen LogP contribution in [0.2, 0.25) is 0 Å². The van der Waals surface area contributed by atoms with Crippen molar-refractivity contribution >= 4 is 15.7 Å². The van der Waals surface area contributed by atoms with Crippen molar-refractivity contribution in [1.82, 2.24) is 4.90 Å². The molecule has 3 rings (SSSR count). The van der Waals surface area contributed by atoms with Gasteiger partial charge in [-0.3, -0.25) is 4.79 Å². The minimum Gasteiger partial charge on any atom is -0.332 e. The lowest BCUT2D eigenvalue weighted by atomic mass is 10.00. The van der Waals surface area contributed by atoms with E-state index in [2.05, 4.69) is 12.1 Å². The minimum absolute atomic E-state index is 0.0422. The first-order valence-corrected chi connectivity index (χ1v) is 11.7. The van der Waals surface area contributed by atoms with Crippen molar-refractivity contribution in [1.29, 1.82) is 5.26 Å². The number of amides is 1. The number of carbonyl (C=O) groups is 1. The molecule has 0 spiro atoms. The van der Waals surface area contributed by atoms with Gasteiger partial charge in [0.25, 0.3) is 5.91 Å².